The van der Waals surface area contributed by atoms with Crippen molar-refractivity contribution in [2.75, 3.05) is 25.2 Å². The second-order valence-corrected chi connectivity index (χ2v) is 4.99. The maximum atomic E-state index is 11.9. The molecule has 118 valence electrons. The third-order valence-electron chi connectivity index (χ3n) is 2.68. The van der Waals surface area contributed by atoms with Crippen LogP contribution in [0.4, 0.5) is 10.1 Å². The fourth-order valence-electron chi connectivity index (χ4n) is 1.65. The molecule has 1 rings (SSSR count). The van der Waals surface area contributed by atoms with E-state index in [1.807, 2.05) is 13.8 Å². The number of amides is 1. The summed E-state index contributed by atoms with van der Waals surface area (Å²) in [5.74, 6) is 0.639. The number of halogens is 1. The third-order valence-corrected chi connectivity index (χ3v) is 2.68. The molecular formula is C16H24FNO3. The summed E-state index contributed by atoms with van der Waals surface area (Å²) >= 11 is 0. The smallest absolute Gasteiger partial charge is 0.224 e. The van der Waals surface area contributed by atoms with E-state index >= 15 is 0 Å². The third kappa shape index (κ3) is 8.30. The van der Waals surface area contributed by atoms with Gasteiger partial charge >= 0.3 is 0 Å². The quantitative estimate of drug-likeness (QED) is 0.672. The Balaban J connectivity index is 2.26. The van der Waals surface area contributed by atoms with E-state index in [0.717, 1.165) is 5.69 Å². The first-order chi connectivity index (χ1) is 10.1. The van der Waals surface area contributed by atoms with E-state index in [4.69, 9.17) is 9.47 Å². The van der Waals surface area contributed by atoms with Gasteiger partial charge in [0.15, 0.2) is 0 Å². The van der Waals surface area contributed by atoms with Crippen molar-refractivity contribution in [1.29, 1.82) is 0 Å². The molecule has 0 bridgehead atoms. The first-order valence-corrected chi connectivity index (χ1v) is 7.32. The SMILES string of the molecule is CC(C)OCCCC(=O)Nc1ccc(OCCCF)cc1. The molecule has 0 unspecified atom stereocenters. The lowest BCUT2D eigenvalue weighted by Gasteiger charge is -2.09. The van der Waals surface area contributed by atoms with Crippen molar-refractivity contribution >= 4 is 11.6 Å². The Kier molecular flexibility index (Phi) is 8.43. The molecule has 5 heteroatoms. The number of benzene rings is 1. The van der Waals surface area contributed by atoms with Crippen LogP contribution in [-0.4, -0.2) is 31.9 Å². The van der Waals surface area contributed by atoms with Crippen LogP contribution in [0.1, 0.15) is 33.1 Å². The zero-order chi connectivity index (χ0) is 15.5. The summed E-state index contributed by atoms with van der Waals surface area (Å²) in [6, 6.07) is 7.06. The molecule has 0 spiro atoms. The molecule has 0 saturated carbocycles. The van der Waals surface area contributed by atoms with Crippen molar-refractivity contribution in [3.63, 3.8) is 0 Å². The van der Waals surface area contributed by atoms with Gasteiger partial charge in [-0.15, -0.1) is 0 Å². The highest BCUT2D eigenvalue weighted by molar-refractivity contribution is 5.90. The molecule has 0 saturated heterocycles. The minimum Gasteiger partial charge on any atom is -0.493 e. The van der Waals surface area contributed by atoms with E-state index in [2.05, 4.69) is 5.32 Å². The van der Waals surface area contributed by atoms with Crippen LogP contribution in [0.2, 0.25) is 0 Å². The average molecular weight is 297 g/mol. The van der Waals surface area contributed by atoms with E-state index in [1.165, 1.54) is 0 Å². The van der Waals surface area contributed by atoms with Crippen molar-refractivity contribution in [2.45, 2.75) is 39.2 Å². The molecule has 1 N–H and O–H groups in total. The molecule has 0 aliphatic heterocycles. The molecule has 0 radical (unpaired) electrons. The number of rotatable bonds is 10. The standard InChI is InChI=1S/C16H24FNO3/c1-13(2)20-11-3-5-16(19)18-14-6-8-15(9-7-14)21-12-4-10-17/h6-9,13H,3-5,10-12H2,1-2H3,(H,18,19). The molecule has 0 aliphatic rings. The largest absolute Gasteiger partial charge is 0.493 e. The molecule has 1 aromatic carbocycles. The maximum Gasteiger partial charge on any atom is 0.224 e. The van der Waals surface area contributed by atoms with Crippen molar-refractivity contribution in [3.05, 3.63) is 24.3 Å². The van der Waals surface area contributed by atoms with E-state index in [0.29, 0.717) is 38.2 Å². The molecular weight excluding hydrogens is 273 g/mol. The van der Waals surface area contributed by atoms with Gasteiger partial charge in [-0.25, -0.2) is 0 Å². The molecule has 1 amide bonds. The number of anilines is 1. The number of alkyl halides is 1. The first-order valence-electron chi connectivity index (χ1n) is 7.32. The van der Waals surface area contributed by atoms with Crippen molar-refractivity contribution < 1.29 is 18.7 Å². The molecule has 21 heavy (non-hydrogen) atoms. The van der Waals surface area contributed by atoms with E-state index in [9.17, 15) is 9.18 Å². The van der Waals surface area contributed by atoms with Crippen LogP contribution >= 0.6 is 0 Å². The number of nitrogens with one attached hydrogen (secondary N) is 1. The zero-order valence-electron chi connectivity index (χ0n) is 12.7. The van der Waals surface area contributed by atoms with E-state index in [1.54, 1.807) is 24.3 Å². The number of carbonyl (C=O) groups is 1. The van der Waals surface area contributed by atoms with Gasteiger partial charge in [-0.05, 0) is 44.5 Å². The van der Waals surface area contributed by atoms with Gasteiger partial charge in [0.2, 0.25) is 5.91 Å². The highest BCUT2D eigenvalue weighted by atomic mass is 19.1. The first kappa shape index (κ1) is 17.4. The molecule has 4 nitrogen and oxygen atoms in total. The Bertz CT molecular complexity index is 406. The van der Waals surface area contributed by atoms with Crippen molar-refractivity contribution in [1.82, 2.24) is 0 Å². The predicted octanol–water partition coefficient (Wildman–Crippen LogP) is 3.57. The summed E-state index contributed by atoms with van der Waals surface area (Å²) in [4.78, 5) is 11.7. The lowest BCUT2D eigenvalue weighted by atomic mass is 10.2. The maximum absolute atomic E-state index is 11.9. The Morgan fingerprint density at radius 1 is 1.19 bits per heavy atom. The monoisotopic (exact) mass is 297 g/mol. The lowest BCUT2D eigenvalue weighted by Crippen LogP contribution is -2.13. The van der Waals surface area contributed by atoms with Crippen molar-refractivity contribution in [3.8, 4) is 5.75 Å². The molecule has 0 heterocycles. The summed E-state index contributed by atoms with van der Waals surface area (Å²) < 4.78 is 22.7. The van der Waals surface area contributed by atoms with Gasteiger partial charge < -0.3 is 14.8 Å². The Morgan fingerprint density at radius 2 is 1.90 bits per heavy atom. The van der Waals surface area contributed by atoms with Crippen LogP contribution in [0.3, 0.4) is 0 Å². The van der Waals surface area contributed by atoms with E-state index < -0.39 is 0 Å². The topological polar surface area (TPSA) is 47.6 Å². The van der Waals surface area contributed by atoms with Gasteiger partial charge in [-0.1, -0.05) is 0 Å². The van der Waals surface area contributed by atoms with Gasteiger partial charge in [0, 0.05) is 25.1 Å². The highest BCUT2D eigenvalue weighted by Gasteiger charge is 2.03. The van der Waals surface area contributed by atoms with Gasteiger partial charge in [-0.2, -0.15) is 0 Å². The van der Waals surface area contributed by atoms with Gasteiger partial charge in [0.05, 0.1) is 19.4 Å². The summed E-state index contributed by atoms with van der Waals surface area (Å²) in [5, 5.41) is 2.81. The number of ether oxygens (including phenoxy) is 2. The average Bonchev–Trinajstić information content (AvgIpc) is 2.45. The molecule has 0 aliphatic carbocycles. The lowest BCUT2D eigenvalue weighted by molar-refractivity contribution is -0.116. The second kappa shape index (κ2) is 10.2. The van der Waals surface area contributed by atoms with Crippen LogP contribution in [0.25, 0.3) is 0 Å². The van der Waals surface area contributed by atoms with Crippen LogP contribution in [0, 0.1) is 0 Å². The normalized spacial score (nSPS) is 10.7. The van der Waals surface area contributed by atoms with Crippen molar-refractivity contribution in [2.24, 2.45) is 0 Å². The summed E-state index contributed by atoms with van der Waals surface area (Å²) in [5.41, 5.74) is 0.725. The molecule has 0 aromatic heterocycles. The zero-order valence-corrected chi connectivity index (χ0v) is 12.7. The number of hydrogen-bond donors (Lipinski definition) is 1. The Hall–Kier alpha value is -1.62. The number of carbonyl (C=O) groups excluding carboxylic acids is 1. The van der Waals surface area contributed by atoms with Crippen LogP contribution in [0.5, 0.6) is 5.75 Å². The fraction of sp³-hybridized carbons (Fsp3) is 0.562. The summed E-state index contributed by atoms with van der Waals surface area (Å²) in [6.07, 6.45) is 1.71. The number of hydrogen-bond acceptors (Lipinski definition) is 3. The molecule has 0 fully saturated rings. The van der Waals surface area contributed by atoms with Crippen LogP contribution in [-0.2, 0) is 9.53 Å². The predicted molar refractivity (Wildman–Crippen MR) is 81.5 cm³/mol. The van der Waals surface area contributed by atoms with Gasteiger partial charge in [0.1, 0.15) is 5.75 Å². The van der Waals surface area contributed by atoms with Crippen LogP contribution < -0.4 is 10.1 Å². The second-order valence-electron chi connectivity index (χ2n) is 4.99. The fourth-order valence-corrected chi connectivity index (χ4v) is 1.65. The summed E-state index contributed by atoms with van der Waals surface area (Å²) in [6.45, 7) is 4.51. The minimum atomic E-state index is -0.380. The molecule has 1 aromatic rings. The van der Waals surface area contributed by atoms with Crippen LogP contribution in [0.15, 0.2) is 24.3 Å². The molecule has 0 atom stereocenters. The summed E-state index contributed by atoms with van der Waals surface area (Å²) in [7, 11) is 0. The Labute approximate surface area is 125 Å². The highest BCUT2D eigenvalue weighted by Crippen LogP contribution is 2.16. The van der Waals surface area contributed by atoms with Gasteiger partial charge in [-0.3, -0.25) is 9.18 Å². The Morgan fingerprint density at radius 3 is 2.52 bits per heavy atom. The van der Waals surface area contributed by atoms with Gasteiger partial charge in [0.25, 0.3) is 0 Å². The van der Waals surface area contributed by atoms with E-state index in [-0.39, 0.29) is 18.7 Å². The minimum absolute atomic E-state index is 0.0338.